The number of hydrogen-bond acceptors (Lipinski definition) is 3. The molecule has 2 amide bonds. The average molecular weight is 187 g/mol. The Bertz CT molecular complexity index is 424. The first-order valence-electron chi connectivity index (χ1n) is 4.08. The maximum Gasteiger partial charge on any atom is 0.262 e. The minimum atomic E-state index is -0.382. The molecule has 0 bridgehead atoms. The summed E-state index contributed by atoms with van der Waals surface area (Å²) in [4.78, 5) is 24.1. The van der Waals surface area contributed by atoms with Gasteiger partial charge in [-0.25, -0.2) is 0 Å². The second-order valence-corrected chi connectivity index (χ2v) is 2.90. The van der Waals surface area contributed by atoms with Crippen LogP contribution in [0.25, 0.3) is 0 Å². The number of imide groups is 1. The van der Waals surface area contributed by atoms with Crippen molar-refractivity contribution < 1.29 is 9.59 Å². The van der Waals surface area contributed by atoms with Gasteiger partial charge in [0.2, 0.25) is 0 Å². The Balaban J connectivity index is 2.49. The van der Waals surface area contributed by atoms with E-state index in [0.29, 0.717) is 11.1 Å². The van der Waals surface area contributed by atoms with Gasteiger partial charge in [-0.1, -0.05) is 12.1 Å². The van der Waals surface area contributed by atoms with E-state index in [1.165, 1.54) is 0 Å². The number of rotatable bonds is 1. The molecule has 4 heteroatoms. The fourth-order valence-electron chi connectivity index (χ4n) is 1.45. The lowest BCUT2D eigenvalue weighted by Gasteiger charge is -2.06. The third kappa shape index (κ3) is 0.995. The molecule has 1 aromatic rings. The van der Waals surface area contributed by atoms with Crippen molar-refractivity contribution in [2.75, 3.05) is 6.54 Å². The van der Waals surface area contributed by atoms with Crippen LogP contribution in [0.2, 0.25) is 0 Å². The summed E-state index contributed by atoms with van der Waals surface area (Å²) in [5, 5.41) is 8.45. The first kappa shape index (κ1) is 8.45. The van der Waals surface area contributed by atoms with E-state index in [1.54, 1.807) is 30.3 Å². The minimum Gasteiger partial charge on any atom is -0.269 e. The van der Waals surface area contributed by atoms with E-state index in [1.807, 2.05) is 0 Å². The van der Waals surface area contributed by atoms with E-state index in [2.05, 4.69) is 0 Å². The second-order valence-electron chi connectivity index (χ2n) is 2.90. The smallest absolute Gasteiger partial charge is 0.262 e. The number of amides is 2. The SMILES string of the molecule is N#[13C]CN1C(=O)c2ccccc2C1=O. The molecule has 0 radical (unpaired) electrons. The lowest BCUT2D eigenvalue weighted by atomic mass is 10.1. The highest BCUT2D eigenvalue weighted by Gasteiger charge is 2.34. The number of carbonyl (C=O) groups is 2. The van der Waals surface area contributed by atoms with Gasteiger partial charge in [0, 0.05) is 0 Å². The number of fused-ring (bicyclic) bond motifs is 1. The summed E-state index contributed by atoms with van der Waals surface area (Å²) in [6.45, 7) is -0.188. The van der Waals surface area contributed by atoms with Crippen LogP contribution in [0.4, 0.5) is 0 Å². The van der Waals surface area contributed by atoms with Gasteiger partial charge in [0.05, 0.1) is 17.2 Å². The summed E-state index contributed by atoms with van der Waals surface area (Å²) in [6, 6.07) is 8.36. The number of benzene rings is 1. The van der Waals surface area contributed by atoms with Crippen LogP contribution in [0.5, 0.6) is 0 Å². The molecule has 2 rings (SSSR count). The molecule has 0 atom stereocenters. The van der Waals surface area contributed by atoms with Crippen molar-refractivity contribution in [3.05, 3.63) is 35.4 Å². The molecule has 0 saturated carbocycles. The molecule has 0 spiro atoms. The molecule has 0 N–H and O–H groups in total. The Morgan fingerprint density at radius 1 is 1.14 bits per heavy atom. The van der Waals surface area contributed by atoms with Gasteiger partial charge in [0.15, 0.2) is 0 Å². The van der Waals surface area contributed by atoms with Gasteiger partial charge in [-0.3, -0.25) is 14.5 Å². The molecule has 14 heavy (non-hydrogen) atoms. The molecule has 0 saturated heterocycles. The van der Waals surface area contributed by atoms with Crippen LogP contribution in [-0.2, 0) is 0 Å². The Kier molecular flexibility index (Phi) is 1.79. The molecule has 0 fully saturated rings. The first-order valence-corrected chi connectivity index (χ1v) is 4.08. The van der Waals surface area contributed by atoms with Crippen LogP contribution in [0.15, 0.2) is 24.3 Å². The Morgan fingerprint density at radius 2 is 1.64 bits per heavy atom. The standard InChI is InChI=1S/C10H6N2O2/c11-5-6-12-9(13)7-3-1-2-4-8(7)10(12)14/h1-4H,6H2/i5+1. The van der Waals surface area contributed by atoms with Crippen molar-refractivity contribution in [1.29, 1.82) is 5.26 Å². The molecule has 1 aromatic carbocycles. The Morgan fingerprint density at radius 3 is 2.07 bits per heavy atom. The molecule has 68 valence electrons. The fourth-order valence-corrected chi connectivity index (χ4v) is 1.45. The van der Waals surface area contributed by atoms with E-state index in [9.17, 15) is 9.59 Å². The molecular weight excluding hydrogens is 181 g/mol. The molecule has 4 nitrogen and oxygen atoms in total. The van der Waals surface area contributed by atoms with E-state index in [4.69, 9.17) is 5.26 Å². The van der Waals surface area contributed by atoms with Gasteiger partial charge in [0.25, 0.3) is 11.8 Å². The largest absolute Gasteiger partial charge is 0.269 e. The molecule has 1 heterocycles. The van der Waals surface area contributed by atoms with E-state index >= 15 is 0 Å². The highest BCUT2D eigenvalue weighted by molar-refractivity contribution is 6.21. The molecule has 1 aliphatic heterocycles. The zero-order valence-corrected chi connectivity index (χ0v) is 7.23. The van der Waals surface area contributed by atoms with Gasteiger partial charge < -0.3 is 0 Å². The average Bonchev–Trinajstić information content (AvgIpc) is 2.45. The second kappa shape index (κ2) is 2.96. The highest BCUT2D eigenvalue weighted by Crippen LogP contribution is 2.21. The monoisotopic (exact) mass is 187 g/mol. The van der Waals surface area contributed by atoms with Gasteiger partial charge >= 0.3 is 0 Å². The molecule has 1 aliphatic rings. The van der Waals surface area contributed by atoms with E-state index < -0.39 is 0 Å². The molecule has 0 aliphatic carbocycles. The molecular formula is C10H6N2O2. The zero-order valence-electron chi connectivity index (χ0n) is 7.23. The lowest BCUT2D eigenvalue weighted by molar-refractivity contribution is 0.0674. The number of nitriles is 1. The van der Waals surface area contributed by atoms with Gasteiger partial charge in [0.1, 0.15) is 6.54 Å². The summed E-state index contributed by atoms with van der Waals surface area (Å²) in [5.41, 5.74) is 0.764. The van der Waals surface area contributed by atoms with Crippen LogP contribution in [0.3, 0.4) is 0 Å². The lowest BCUT2D eigenvalue weighted by Crippen LogP contribution is -2.29. The maximum atomic E-state index is 11.6. The van der Waals surface area contributed by atoms with Crippen molar-refractivity contribution in [1.82, 2.24) is 4.90 Å². The minimum absolute atomic E-state index is 0.188. The van der Waals surface area contributed by atoms with E-state index in [0.717, 1.165) is 4.90 Å². The van der Waals surface area contributed by atoms with Crippen LogP contribution in [-0.4, -0.2) is 23.3 Å². The van der Waals surface area contributed by atoms with Gasteiger partial charge in [-0.2, -0.15) is 5.26 Å². The van der Waals surface area contributed by atoms with Crippen LogP contribution < -0.4 is 0 Å². The van der Waals surface area contributed by atoms with Crippen molar-refractivity contribution in [3.8, 4) is 6.07 Å². The van der Waals surface area contributed by atoms with Gasteiger partial charge in [-0.05, 0) is 12.1 Å². The zero-order chi connectivity index (χ0) is 10.1. The van der Waals surface area contributed by atoms with Gasteiger partial charge in [-0.15, -0.1) is 0 Å². The molecule has 0 unspecified atom stereocenters. The predicted molar refractivity (Wildman–Crippen MR) is 47.4 cm³/mol. The fraction of sp³-hybridized carbons (Fsp3) is 0.100. The van der Waals surface area contributed by atoms with Crippen LogP contribution in [0.1, 0.15) is 20.7 Å². The summed E-state index contributed by atoms with van der Waals surface area (Å²) < 4.78 is 0. The number of nitrogens with zero attached hydrogens (tertiary/aromatic N) is 2. The summed E-state index contributed by atoms with van der Waals surface area (Å²) in [6.07, 6.45) is 0. The number of hydrogen-bond donors (Lipinski definition) is 0. The quantitative estimate of drug-likeness (QED) is 0.371. The van der Waals surface area contributed by atoms with Crippen molar-refractivity contribution in [3.63, 3.8) is 0 Å². The summed E-state index contributed by atoms with van der Waals surface area (Å²) >= 11 is 0. The van der Waals surface area contributed by atoms with Crippen molar-refractivity contribution in [2.24, 2.45) is 0 Å². The van der Waals surface area contributed by atoms with Crippen molar-refractivity contribution >= 4 is 11.8 Å². The third-order valence-corrected chi connectivity index (χ3v) is 2.11. The predicted octanol–water partition coefficient (Wildman–Crippen LogP) is 0.806. The van der Waals surface area contributed by atoms with Crippen LogP contribution in [0, 0.1) is 11.3 Å². The van der Waals surface area contributed by atoms with E-state index in [-0.39, 0.29) is 18.4 Å². The maximum absolute atomic E-state index is 11.6. The Hall–Kier alpha value is -2.15. The van der Waals surface area contributed by atoms with Crippen molar-refractivity contribution in [2.45, 2.75) is 0 Å². The summed E-state index contributed by atoms with van der Waals surface area (Å²) in [5.74, 6) is -0.765. The molecule has 0 aromatic heterocycles. The third-order valence-electron chi connectivity index (χ3n) is 2.11. The topological polar surface area (TPSA) is 61.2 Å². The van der Waals surface area contributed by atoms with Crippen LogP contribution >= 0.6 is 0 Å². The number of carbonyl (C=O) groups excluding carboxylic acids is 2. The normalized spacial score (nSPS) is 14.1. The Labute approximate surface area is 80.4 Å². The summed E-state index contributed by atoms with van der Waals surface area (Å²) in [7, 11) is 0. The highest BCUT2D eigenvalue weighted by atomic mass is 16.2. The first-order chi connectivity index (χ1) is 6.75.